The van der Waals surface area contributed by atoms with Gasteiger partial charge in [0, 0.05) is 11.4 Å². The molecule has 0 atom stereocenters. The average Bonchev–Trinajstić information content (AvgIpc) is 2.97. The lowest BCUT2D eigenvalue weighted by atomic mass is 10.1. The van der Waals surface area contributed by atoms with Crippen LogP contribution in [-0.2, 0) is 0 Å². The minimum Gasteiger partial charge on any atom is -0.496 e. The lowest BCUT2D eigenvalue weighted by molar-refractivity contribution is 0.104. The van der Waals surface area contributed by atoms with Gasteiger partial charge in [-0.3, -0.25) is 4.79 Å². The van der Waals surface area contributed by atoms with E-state index in [1.165, 1.54) is 37.9 Å². The molecule has 104 valence electrons. The third kappa shape index (κ3) is 3.15. The summed E-state index contributed by atoms with van der Waals surface area (Å²) in [6, 6.07) is 3.10. The number of hydrogen-bond donors (Lipinski definition) is 0. The Morgan fingerprint density at radius 2 is 2.05 bits per heavy atom. The van der Waals surface area contributed by atoms with Gasteiger partial charge in [-0.2, -0.15) is 0 Å². The first kappa shape index (κ1) is 14.5. The largest absolute Gasteiger partial charge is 0.496 e. The van der Waals surface area contributed by atoms with Gasteiger partial charge >= 0.3 is 0 Å². The van der Waals surface area contributed by atoms with Crippen LogP contribution < -0.4 is 9.47 Å². The molecule has 2 aromatic rings. The molecule has 0 aliphatic rings. The van der Waals surface area contributed by atoms with Gasteiger partial charge in [0.15, 0.2) is 5.78 Å². The molecule has 0 bridgehead atoms. The first-order chi connectivity index (χ1) is 9.65. The van der Waals surface area contributed by atoms with E-state index in [9.17, 15) is 4.79 Å². The highest BCUT2D eigenvalue weighted by atomic mass is 35.5. The molecule has 20 heavy (non-hydrogen) atoms. The van der Waals surface area contributed by atoms with Crippen molar-refractivity contribution in [1.82, 2.24) is 9.59 Å². The van der Waals surface area contributed by atoms with Crippen molar-refractivity contribution in [2.45, 2.75) is 0 Å². The van der Waals surface area contributed by atoms with E-state index in [-0.39, 0.29) is 5.78 Å². The summed E-state index contributed by atoms with van der Waals surface area (Å²) in [7, 11) is 2.98. The molecule has 0 amide bonds. The standard InChI is InChI=1S/C13H11ClN2O3S/c1-18-12-6-13(19-2)10(14)5-9(12)11(17)4-3-8-7-20-16-15-8/h3-7H,1-2H3/b4-3+. The summed E-state index contributed by atoms with van der Waals surface area (Å²) in [5.41, 5.74) is 0.986. The number of halogens is 1. The number of carbonyl (C=O) groups is 1. The summed E-state index contributed by atoms with van der Waals surface area (Å²) in [5, 5.41) is 5.91. The Morgan fingerprint density at radius 1 is 1.30 bits per heavy atom. The second-order valence-electron chi connectivity index (χ2n) is 3.71. The normalized spacial score (nSPS) is 10.8. The molecule has 0 N–H and O–H groups in total. The van der Waals surface area contributed by atoms with Crippen LogP contribution in [0.4, 0.5) is 0 Å². The fourth-order valence-corrected chi connectivity index (χ4v) is 2.21. The number of allylic oxidation sites excluding steroid dienone is 1. The van der Waals surface area contributed by atoms with E-state index in [0.29, 0.717) is 27.8 Å². The van der Waals surface area contributed by atoms with Crippen LogP contribution in [0.15, 0.2) is 23.6 Å². The van der Waals surface area contributed by atoms with Crippen LogP contribution in [0.3, 0.4) is 0 Å². The molecule has 0 unspecified atom stereocenters. The lowest BCUT2D eigenvalue weighted by Crippen LogP contribution is -2.00. The molecule has 0 spiro atoms. The molecular weight excluding hydrogens is 300 g/mol. The number of methoxy groups -OCH3 is 2. The van der Waals surface area contributed by atoms with Gasteiger partial charge in [-0.05, 0) is 29.8 Å². The predicted molar refractivity (Wildman–Crippen MR) is 77.8 cm³/mol. The van der Waals surface area contributed by atoms with E-state index >= 15 is 0 Å². The van der Waals surface area contributed by atoms with E-state index < -0.39 is 0 Å². The number of ether oxygens (including phenoxy) is 2. The van der Waals surface area contributed by atoms with Gasteiger partial charge in [-0.25, -0.2) is 0 Å². The Hall–Kier alpha value is -1.92. The highest BCUT2D eigenvalue weighted by Crippen LogP contribution is 2.32. The zero-order valence-electron chi connectivity index (χ0n) is 10.8. The van der Waals surface area contributed by atoms with Gasteiger partial charge in [0.2, 0.25) is 0 Å². The maximum atomic E-state index is 12.2. The first-order valence-electron chi connectivity index (χ1n) is 5.56. The maximum Gasteiger partial charge on any atom is 0.189 e. The van der Waals surface area contributed by atoms with E-state index in [2.05, 4.69) is 9.59 Å². The summed E-state index contributed by atoms with van der Waals surface area (Å²) < 4.78 is 14.0. The smallest absolute Gasteiger partial charge is 0.189 e. The Kier molecular flexibility index (Phi) is 4.70. The zero-order valence-corrected chi connectivity index (χ0v) is 12.4. The van der Waals surface area contributed by atoms with Gasteiger partial charge in [-0.15, -0.1) is 5.10 Å². The number of benzene rings is 1. The molecule has 0 saturated heterocycles. The van der Waals surface area contributed by atoms with Crippen molar-refractivity contribution in [3.8, 4) is 11.5 Å². The molecule has 7 heteroatoms. The van der Waals surface area contributed by atoms with Gasteiger partial charge < -0.3 is 9.47 Å². The number of rotatable bonds is 5. The number of aromatic nitrogens is 2. The summed E-state index contributed by atoms with van der Waals surface area (Å²) in [6.45, 7) is 0. The molecule has 1 heterocycles. The molecule has 2 rings (SSSR count). The Labute approximate surface area is 125 Å². The van der Waals surface area contributed by atoms with Crippen LogP contribution in [0.2, 0.25) is 5.02 Å². The van der Waals surface area contributed by atoms with Crippen LogP contribution in [-0.4, -0.2) is 29.6 Å². The van der Waals surface area contributed by atoms with Crippen LogP contribution >= 0.6 is 23.1 Å². The SMILES string of the molecule is COc1cc(OC)c(C(=O)/C=C/c2csnn2)cc1Cl. The molecule has 0 aliphatic carbocycles. The number of carbonyl (C=O) groups excluding carboxylic acids is 1. The van der Waals surface area contributed by atoms with Crippen molar-refractivity contribution < 1.29 is 14.3 Å². The van der Waals surface area contributed by atoms with E-state index in [0.717, 1.165) is 0 Å². The Bertz CT molecular complexity index is 641. The molecule has 1 aromatic carbocycles. The van der Waals surface area contributed by atoms with Crippen LogP contribution in [0.1, 0.15) is 16.1 Å². The van der Waals surface area contributed by atoms with Crippen molar-refractivity contribution in [2.75, 3.05) is 14.2 Å². The molecule has 1 aromatic heterocycles. The summed E-state index contributed by atoms with van der Waals surface area (Å²) in [5.74, 6) is 0.615. The van der Waals surface area contributed by atoms with E-state index in [4.69, 9.17) is 21.1 Å². The average molecular weight is 311 g/mol. The van der Waals surface area contributed by atoms with Gasteiger partial charge in [0.05, 0.1) is 30.5 Å². The maximum absolute atomic E-state index is 12.2. The molecule has 0 saturated carbocycles. The summed E-state index contributed by atoms with van der Waals surface area (Å²) in [6.07, 6.45) is 2.99. The van der Waals surface area contributed by atoms with Crippen LogP contribution in [0.5, 0.6) is 11.5 Å². The minimum absolute atomic E-state index is 0.237. The lowest BCUT2D eigenvalue weighted by Gasteiger charge is -2.09. The second-order valence-corrected chi connectivity index (χ2v) is 4.73. The van der Waals surface area contributed by atoms with Gasteiger partial charge in [0.25, 0.3) is 0 Å². The third-order valence-electron chi connectivity index (χ3n) is 2.52. The fraction of sp³-hybridized carbons (Fsp3) is 0.154. The summed E-state index contributed by atoms with van der Waals surface area (Å²) >= 11 is 7.24. The van der Waals surface area contributed by atoms with Crippen molar-refractivity contribution in [2.24, 2.45) is 0 Å². The highest BCUT2D eigenvalue weighted by molar-refractivity contribution is 7.03. The monoisotopic (exact) mass is 310 g/mol. The molecule has 5 nitrogen and oxygen atoms in total. The van der Waals surface area contributed by atoms with Gasteiger partial charge in [0.1, 0.15) is 11.5 Å². The summed E-state index contributed by atoms with van der Waals surface area (Å²) in [4.78, 5) is 12.2. The third-order valence-corrected chi connectivity index (χ3v) is 3.34. The van der Waals surface area contributed by atoms with Crippen molar-refractivity contribution in [1.29, 1.82) is 0 Å². The fourth-order valence-electron chi connectivity index (χ4n) is 1.55. The Balaban J connectivity index is 2.31. The van der Waals surface area contributed by atoms with Gasteiger partial charge in [-0.1, -0.05) is 16.1 Å². The molecule has 0 aliphatic heterocycles. The number of nitrogens with zero attached hydrogens (tertiary/aromatic N) is 2. The van der Waals surface area contributed by atoms with E-state index in [1.807, 2.05) is 0 Å². The topological polar surface area (TPSA) is 61.3 Å². The van der Waals surface area contributed by atoms with E-state index in [1.54, 1.807) is 17.5 Å². The number of hydrogen-bond acceptors (Lipinski definition) is 6. The van der Waals surface area contributed by atoms with Crippen molar-refractivity contribution in [3.63, 3.8) is 0 Å². The van der Waals surface area contributed by atoms with Crippen molar-refractivity contribution in [3.05, 3.63) is 39.9 Å². The van der Waals surface area contributed by atoms with Crippen LogP contribution in [0, 0.1) is 0 Å². The molecular formula is C13H11ClN2O3S. The highest BCUT2D eigenvalue weighted by Gasteiger charge is 2.14. The van der Waals surface area contributed by atoms with Crippen molar-refractivity contribution >= 4 is 35.0 Å². The minimum atomic E-state index is -0.237. The molecule has 0 radical (unpaired) electrons. The quantitative estimate of drug-likeness (QED) is 0.627. The second kappa shape index (κ2) is 6.49. The first-order valence-corrected chi connectivity index (χ1v) is 6.78. The predicted octanol–water partition coefficient (Wildman–Crippen LogP) is 3.10. The zero-order chi connectivity index (χ0) is 14.5. The number of ketones is 1. The molecule has 0 fully saturated rings. The Morgan fingerprint density at radius 3 is 2.65 bits per heavy atom. The van der Waals surface area contributed by atoms with Crippen LogP contribution in [0.25, 0.3) is 6.08 Å².